The highest BCUT2D eigenvalue weighted by molar-refractivity contribution is 5.98. The van der Waals surface area contributed by atoms with Crippen molar-refractivity contribution in [3.8, 4) is 5.75 Å². The Morgan fingerprint density at radius 1 is 1.04 bits per heavy atom. The summed E-state index contributed by atoms with van der Waals surface area (Å²) >= 11 is 0. The van der Waals surface area contributed by atoms with E-state index in [1.165, 1.54) is 0 Å². The predicted octanol–water partition coefficient (Wildman–Crippen LogP) is 2.25. The third-order valence-electron chi connectivity index (χ3n) is 4.09. The molecule has 0 saturated carbocycles. The monoisotopic (exact) mass is 324 g/mol. The van der Waals surface area contributed by atoms with E-state index in [0.29, 0.717) is 18.8 Å². The van der Waals surface area contributed by atoms with Crippen LogP contribution in [0.5, 0.6) is 5.75 Å². The van der Waals surface area contributed by atoms with Crippen LogP contribution in [0.4, 0.5) is 5.69 Å². The molecule has 124 valence electrons. The van der Waals surface area contributed by atoms with Gasteiger partial charge in [0.05, 0.1) is 0 Å². The lowest BCUT2D eigenvalue weighted by Crippen LogP contribution is -2.53. The van der Waals surface area contributed by atoms with Crippen molar-refractivity contribution in [3.63, 3.8) is 0 Å². The number of ether oxygens (including phenoxy) is 1. The van der Waals surface area contributed by atoms with Crippen molar-refractivity contribution in [2.24, 2.45) is 0 Å². The zero-order valence-corrected chi connectivity index (χ0v) is 13.6. The summed E-state index contributed by atoms with van der Waals surface area (Å²) in [7, 11) is 0. The number of amides is 2. The molecular formula is C19H20N2O3. The van der Waals surface area contributed by atoms with Crippen LogP contribution in [0.2, 0.25) is 0 Å². The molecule has 2 amide bonds. The number of hydrogen-bond donors (Lipinski definition) is 0. The van der Waals surface area contributed by atoms with Crippen LogP contribution < -0.4 is 9.64 Å². The largest absolute Gasteiger partial charge is 0.484 e. The van der Waals surface area contributed by atoms with Crippen LogP contribution in [0.15, 0.2) is 54.6 Å². The van der Waals surface area contributed by atoms with Gasteiger partial charge in [0.1, 0.15) is 12.3 Å². The van der Waals surface area contributed by atoms with Gasteiger partial charge in [-0.2, -0.15) is 0 Å². The van der Waals surface area contributed by atoms with Crippen LogP contribution in [-0.2, 0) is 9.59 Å². The molecule has 0 unspecified atom stereocenters. The summed E-state index contributed by atoms with van der Waals surface area (Å²) < 4.78 is 5.58. The minimum atomic E-state index is -0.167. The molecule has 1 aliphatic rings. The lowest BCUT2D eigenvalue weighted by atomic mass is 10.2. The average molecular weight is 324 g/mol. The zero-order valence-electron chi connectivity index (χ0n) is 13.6. The van der Waals surface area contributed by atoms with Crippen LogP contribution in [0.1, 0.15) is 5.56 Å². The van der Waals surface area contributed by atoms with Gasteiger partial charge >= 0.3 is 0 Å². The van der Waals surface area contributed by atoms with Crippen molar-refractivity contribution in [2.45, 2.75) is 6.92 Å². The fraction of sp³-hybridized carbons (Fsp3) is 0.263. The smallest absolute Gasteiger partial charge is 0.261 e. The second-order valence-corrected chi connectivity index (χ2v) is 5.75. The van der Waals surface area contributed by atoms with E-state index >= 15 is 0 Å². The molecule has 0 aromatic heterocycles. The van der Waals surface area contributed by atoms with E-state index in [2.05, 4.69) is 0 Å². The van der Waals surface area contributed by atoms with E-state index in [4.69, 9.17) is 4.74 Å². The molecule has 3 rings (SSSR count). The number of hydrogen-bond acceptors (Lipinski definition) is 3. The van der Waals surface area contributed by atoms with Crippen LogP contribution >= 0.6 is 0 Å². The summed E-state index contributed by atoms with van der Waals surface area (Å²) in [5, 5.41) is 0. The molecule has 5 heteroatoms. The molecule has 1 heterocycles. The van der Waals surface area contributed by atoms with E-state index < -0.39 is 0 Å². The summed E-state index contributed by atoms with van der Waals surface area (Å²) in [6.07, 6.45) is 0. The van der Waals surface area contributed by atoms with Crippen molar-refractivity contribution < 1.29 is 14.3 Å². The SMILES string of the molecule is Cc1ccccc1OCC(=O)N1CCN(c2ccccc2)C(=O)C1. The number of piperazine rings is 1. The number of aryl methyl sites for hydroxylation is 1. The maximum atomic E-state index is 12.3. The number of carbonyl (C=O) groups excluding carboxylic acids is 2. The molecule has 24 heavy (non-hydrogen) atoms. The standard InChI is InChI=1S/C19H20N2O3/c1-15-7-5-6-10-17(15)24-14-19(23)20-11-12-21(18(22)13-20)16-8-3-2-4-9-16/h2-10H,11-14H2,1H3. The third kappa shape index (κ3) is 3.56. The Kier molecular flexibility index (Phi) is 4.79. The Hall–Kier alpha value is -2.82. The number of benzene rings is 2. The van der Waals surface area contributed by atoms with Gasteiger partial charge in [0.2, 0.25) is 5.91 Å². The fourth-order valence-corrected chi connectivity index (χ4v) is 2.72. The molecule has 0 atom stereocenters. The first kappa shape index (κ1) is 16.1. The van der Waals surface area contributed by atoms with Gasteiger partial charge in [-0.05, 0) is 30.7 Å². The van der Waals surface area contributed by atoms with Gasteiger partial charge in [0.15, 0.2) is 6.61 Å². The van der Waals surface area contributed by atoms with Gasteiger partial charge in [-0.3, -0.25) is 9.59 Å². The lowest BCUT2D eigenvalue weighted by Gasteiger charge is -2.34. The molecule has 0 bridgehead atoms. The second-order valence-electron chi connectivity index (χ2n) is 5.75. The van der Waals surface area contributed by atoms with Gasteiger partial charge in [-0.15, -0.1) is 0 Å². The summed E-state index contributed by atoms with van der Waals surface area (Å²) in [4.78, 5) is 27.9. The van der Waals surface area contributed by atoms with E-state index in [1.54, 1.807) is 9.80 Å². The van der Waals surface area contributed by atoms with Crippen LogP contribution in [0.3, 0.4) is 0 Å². The Morgan fingerprint density at radius 3 is 2.46 bits per heavy atom. The van der Waals surface area contributed by atoms with Crippen LogP contribution in [0, 0.1) is 6.92 Å². The molecular weight excluding hydrogens is 304 g/mol. The van der Waals surface area contributed by atoms with Gasteiger partial charge in [-0.1, -0.05) is 36.4 Å². The number of nitrogens with zero attached hydrogens (tertiary/aromatic N) is 2. The summed E-state index contributed by atoms with van der Waals surface area (Å²) in [6.45, 7) is 2.98. The second kappa shape index (κ2) is 7.17. The highest BCUT2D eigenvalue weighted by atomic mass is 16.5. The van der Waals surface area contributed by atoms with Crippen molar-refractivity contribution >= 4 is 17.5 Å². The van der Waals surface area contributed by atoms with Gasteiger partial charge < -0.3 is 14.5 Å². The van der Waals surface area contributed by atoms with Gasteiger partial charge in [0.25, 0.3) is 5.91 Å². The Labute approximate surface area is 141 Å². The van der Waals surface area contributed by atoms with Crippen molar-refractivity contribution in [2.75, 3.05) is 31.1 Å². The average Bonchev–Trinajstić information content (AvgIpc) is 2.61. The molecule has 0 N–H and O–H groups in total. The molecule has 0 spiro atoms. The first-order valence-corrected chi connectivity index (χ1v) is 7.97. The van der Waals surface area contributed by atoms with Crippen LogP contribution in [0.25, 0.3) is 0 Å². The van der Waals surface area contributed by atoms with Crippen molar-refractivity contribution in [1.29, 1.82) is 0 Å². The highest BCUT2D eigenvalue weighted by Gasteiger charge is 2.28. The molecule has 2 aromatic rings. The van der Waals surface area contributed by atoms with Gasteiger partial charge in [-0.25, -0.2) is 0 Å². The summed E-state index contributed by atoms with van der Waals surface area (Å²) in [5.74, 6) is 0.455. The van der Waals surface area contributed by atoms with E-state index in [1.807, 2.05) is 61.5 Å². The van der Waals surface area contributed by atoms with E-state index in [0.717, 1.165) is 11.3 Å². The number of para-hydroxylation sites is 2. The summed E-state index contributed by atoms with van der Waals surface area (Å²) in [5.41, 5.74) is 1.85. The number of carbonyl (C=O) groups is 2. The summed E-state index contributed by atoms with van der Waals surface area (Å²) in [6, 6.07) is 17.1. The zero-order chi connectivity index (χ0) is 16.9. The first-order valence-electron chi connectivity index (χ1n) is 7.97. The molecule has 0 aliphatic carbocycles. The molecule has 5 nitrogen and oxygen atoms in total. The maximum Gasteiger partial charge on any atom is 0.261 e. The number of anilines is 1. The minimum Gasteiger partial charge on any atom is -0.484 e. The maximum absolute atomic E-state index is 12.3. The molecule has 2 aromatic carbocycles. The Balaban J connectivity index is 1.56. The fourth-order valence-electron chi connectivity index (χ4n) is 2.72. The van der Waals surface area contributed by atoms with Crippen molar-refractivity contribution in [3.05, 3.63) is 60.2 Å². The predicted molar refractivity (Wildman–Crippen MR) is 92.0 cm³/mol. The van der Waals surface area contributed by atoms with Gasteiger partial charge in [0, 0.05) is 18.8 Å². The van der Waals surface area contributed by atoms with E-state index in [-0.39, 0.29) is 25.0 Å². The Morgan fingerprint density at radius 2 is 1.75 bits per heavy atom. The number of rotatable bonds is 4. The quantitative estimate of drug-likeness (QED) is 0.867. The molecule has 1 saturated heterocycles. The van der Waals surface area contributed by atoms with E-state index in [9.17, 15) is 9.59 Å². The first-order chi connectivity index (χ1) is 11.6. The normalized spacial score (nSPS) is 14.6. The molecule has 1 fully saturated rings. The topological polar surface area (TPSA) is 49.9 Å². The van der Waals surface area contributed by atoms with Crippen molar-refractivity contribution in [1.82, 2.24) is 4.90 Å². The van der Waals surface area contributed by atoms with Crippen LogP contribution in [-0.4, -0.2) is 43.0 Å². The third-order valence-corrected chi connectivity index (χ3v) is 4.09. The highest BCUT2D eigenvalue weighted by Crippen LogP contribution is 2.18. The molecule has 1 aliphatic heterocycles. The lowest BCUT2D eigenvalue weighted by molar-refractivity contribution is -0.138. The minimum absolute atomic E-state index is 0.0521. The molecule has 0 radical (unpaired) electrons. The Bertz CT molecular complexity index is 730.